The number of rotatable bonds is 3. The van der Waals surface area contributed by atoms with E-state index in [0.717, 1.165) is 24.2 Å². The summed E-state index contributed by atoms with van der Waals surface area (Å²) < 4.78 is 5.66. The fourth-order valence-electron chi connectivity index (χ4n) is 5.03. The molecule has 2 bridgehead atoms. The van der Waals surface area contributed by atoms with Gasteiger partial charge >= 0.3 is 5.97 Å². The Morgan fingerprint density at radius 1 is 1.00 bits per heavy atom. The molecule has 0 aromatic heterocycles. The van der Waals surface area contributed by atoms with Crippen molar-refractivity contribution in [3.05, 3.63) is 0 Å². The number of hydrogen-bond donors (Lipinski definition) is 0. The van der Waals surface area contributed by atoms with Crippen LogP contribution in [-0.2, 0) is 9.53 Å². The number of carbonyl (C=O) groups excluding carboxylic acids is 1. The molecule has 0 aromatic rings. The Morgan fingerprint density at radius 2 is 1.55 bits per heavy atom. The molecule has 2 nitrogen and oxygen atoms in total. The first-order valence-corrected chi connectivity index (χ1v) is 8.34. The van der Waals surface area contributed by atoms with Gasteiger partial charge in [0.25, 0.3) is 0 Å². The molecule has 0 amide bonds. The molecule has 5 atom stereocenters. The van der Waals surface area contributed by atoms with Crippen LogP contribution in [0.5, 0.6) is 0 Å². The summed E-state index contributed by atoms with van der Waals surface area (Å²) in [5.41, 5.74) is -0.357. The van der Waals surface area contributed by atoms with Gasteiger partial charge in [-0.1, -0.05) is 27.7 Å². The molecule has 20 heavy (non-hydrogen) atoms. The summed E-state index contributed by atoms with van der Waals surface area (Å²) in [5, 5.41) is 0. The zero-order valence-corrected chi connectivity index (χ0v) is 14.3. The minimum absolute atomic E-state index is 0.0536. The third-order valence-corrected chi connectivity index (χ3v) is 5.38. The summed E-state index contributed by atoms with van der Waals surface area (Å²) in [7, 11) is 0. The van der Waals surface area contributed by atoms with Gasteiger partial charge in [-0.05, 0) is 69.1 Å². The fraction of sp³-hybridized carbons (Fsp3) is 0.944. The van der Waals surface area contributed by atoms with Crippen molar-refractivity contribution >= 4 is 5.97 Å². The highest BCUT2D eigenvalue weighted by Gasteiger charge is 2.56. The molecule has 0 radical (unpaired) electrons. The Labute approximate surface area is 124 Å². The zero-order valence-electron chi connectivity index (χ0n) is 14.3. The van der Waals surface area contributed by atoms with Gasteiger partial charge in [-0.25, -0.2) is 0 Å². The highest BCUT2D eigenvalue weighted by molar-refractivity contribution is 5.74. The molecule has 2 aliphatic carbocycles. The Morgan fingerprint density at radius 3 is 2.00 bits per heavy atom. The van der Waals surface area contributed by atoms with Crippen LogP contribution in [0.2, 0.25) is 0 Å². The van der Waals surface area contributed by atoms with Gasteiger partial charge in [0.1, 0.15) is 5.60 Å². The second-order valence-corrected chi connectivity index (χ2v) is 8.68. The summed E-state index contributed by atoms with van der Waals surface area (Å²) in [4.78, 5) is 12.5. The SMILES string of the molecule is CC(C)C1C2CC(C(=O)OC(C)(C)C)C(C2)C1C(C)C. The monoisotopic (exact) mass is 280 g/mol. The van der Waals surface area contributed by atoms with Crippen LogP contribution in [0.15, 0.2) is 0 Å². The second kappa shape index (κ2) is 5.35. The van der Waals surface area contributed by atoms with Crippen molar-refractivity contribution < 1.29 is 9.53 Å². The normalized spacial score (nSPS) is 37.0. The molecular weight excluding hydrogens is 248 g/mol. The third-order valence-electron chi connectivity index (χ3n) is 5.38. The van der Waals surface area contributed by atoms with Crippen molar-refractivity contribution in [1.82, 2.24) is 0 Å². The third kappa shape index (κ3) is 2.89. The minimum Gasteiger partial charge on any atom is -0.460 e. The van der Waals surface area contributed by atoms with E-state index in [1.54, 1.807) is 0 Å². The van der Waals surface area contributed by atoms with Crippen LogP contribution in [0.3, 0.4) is 0 Å². The van der Waals surface area contributed by atoms with Gasteiger partial charge in [0, 0.05) is 0 Å². The minimum atomic E-state index is -0.357. The quantitative estimate of drug-likeness (QED) is 0.710. The molecule has 2 fully saturated rings. The molecule has 2 rings (SSSR count). The van der Waals surface area contributed by atoms with Crippen LogP contribution in [0.4, 0.5) is 0 Å². The first kappa shape index (κ1) is 15.9. The summed E-state index contributed by atoms with van der Waals surface area (Å²) in [6.45, 7) is 15.3. The maximum atomic E-state index is 12.5. The molecule has 0 N–H and O–H groups in total. The van der Waals surface area contributed by atoms with Gasteiger partial charge in [-0.15, -0.1) is 0 Å². The van der Waals surface area contributed by atoms with E-state index in [4.69, 9.17) is 4.74 Å². The Hall–Kier alpha value is -0.530. The van der Waals surface area contributed by atoms with E-state index in [9.17, 15) is 4.79 Å². The summed E-state index contributed by atoms with van der Waals surface area (Å²) in [5.74, 6) is 4.41. The molecule has 0 aromatic carbocycles. The van der Waals surface area contributed by atoms with Crippen LogP contribution >= 0.6 is 0 Å². The molecule has 5 unspecified atom stereocenters. The van der Waals surface area contributed by atoms with Crippen LogP contribution in [-0.4, -0.2) is 11.6 Å². The molecule has 0 aliphatic heterocycles. The van der Waals surface area contributed by atoms with Gasteiger partial charge < -0.3 is 4.74 Å². The lowest BCUT2D eigenvalue weighted by Gasteiger charge is -2.40. The van der Waals surface area contributed by atoms with Gasteiger partial charge in [-0.2, -0.15) is 0 Å². The number of carbonyl (C=O) groups is 1. The topological polar surface area (TPSA) is 26.3 Å². The van der Waals surface area contributed by atoms with Gasteiger partial charge in [0.15, 0.2) is 0 Å². The van der Waals surface area contributed by atoms with E-state index >= 15 is 0 Å². The van der Waals surface area contributed by atoms with Crippen molar-refractivity contribution in [3.63, 3.8) is 0 Å². The van der Waals surface area contributed by atoms with Gasteiger partial charge in [-0.3, -0.25) is 4.79 Å². The van der Waals surface area contributed by atoms with Crippen LogP contribution in [0, 0.1) is 41.4 Å². The summed E-state index contributed by atoms with van der Waals surface area (Å²) in [6.07, 6.45) is 2.31. The zero-order chi connectivity index (χ0) is 15.2. The average molecular weight is 280 g/mol. The van der Waals surface area contributed by atoms with E-state index in [1.165, 1.54) is 6.42 Å². The van der Waals surface area contributed by atoms with E-state index in [2.05, 4.69) is 27.7 Å². The Balaban J connectivity index is 2.13. The second-order valence-electron chi connectivity index (χ2n) is 8.68. The van der Waals surface area contributed by atoms with Crippen molar-refractivity contribution in [1.29, 1.82) is 0 Å². The van der Waals surface area contributed by atoms with Crippen LogP contribution < -0.4 is 0 Å². The van der Waals surface area contributed by atoms with Crippen LogP contribution in [0.1, 0.15) is 61.3 Å². The predicted molar refractivity (Wildman–Crippen MR) is 82.2 cm³/mol. The molecule has 0 saturated heterocycles. The molecule has 116 valence electrons. The number of esters is 1. The highest BCUT2D eigenvalue weighted by atomic mass is 16.6. The number of fused-ring (bicyclic) bond motifs is 2. The maximum Gasteiger partial charge on any atom is 0.309 e. The lowest BCUT2D eigenvalue weighted by molar-refractivity contribution is -0.163. The molecule has 0 spiro atoms. The summed E-state index contributed by atoms with van der Waals surface area (Å²) in [6, 6.07) is 0. The first-order valence-electron chi connectivity index (χ1n) is 8.34. The van der Waals surface area contributed by atoms with Crippen molar-refractivity contribution in [2.24, 2.45) is 41.4 Å². The first-order chi connectivity index (χ1) is 9.11. The van der Waals surface area contributed by atoms with E-state index < -0.39 is 0 Å². The van der Waals surface area contributed by atoms with Crippen molar-refractivity contribution in [3.8, 4) is 0 Å². The van der Waals surface area contributed by atoms with Gasteiger partial charge in [0.2, 0.25) is 0 Å². The highest BCUT2D eigenvalue weighted by Crippen LogP contribution is 2.59. The standard InChI is InChI=1S/C18H32O2/c1-10(2)15-12-8-13(16(15)11(3)4)14(9-12)17(19)20-18(5,6)7/h10-16H,8-9H2,1-7H3. The Kier molecular flexibility index (Phi) is 4.24. The van der Waals surface area contributed by atoms with Crippen molar-refractivity contribution in [2.75, 3.05) is 0 Å². The lowest BCUT2D eigenvalue weighted by Crippen LogP contribution is -2.39. The van der Waals surface area contributed by atoms with E-state index in [1.807, 2.05) is 20.8 Å². The predicted octanol–water partition coefficient (Wildman–Crippen LogP) is 4.53. The summed E-state index contributed by atoms with van der Waals surface area (Å²) >= 11 is 0. The molecular formula is C18H32O2. The Bertz CT molecular complexity index is 364. The molecule has 2 saturated carbocycles. The average Bonchev–Trinajstić information content (AvgIpc) is 2.82. The largest absolute Gasteiger partial charge is 0.460 e. The molecule has 2 heteroatoms. The molecule has 0 heterocycles. The van der Waals surface area contributed by atoms with Crippen LogP contribution in [0.25, 0.3) is 0 Å². The van der Waals surface area contributed by atoms with Gasteiger partial charge in [0.05, 0.1) is 5.92 Å². The maximum absolute atomic E-state index is 12.5. The fourth-order valence-corrected chi connectivity index (χ4v) is 5.03. The smallest absolute Gasteiger partial charge is 0.309 e. The molecule has 2 aliphatic rings. The number of hydrogen-bond acceptors (Lipinski definition) is 2. The van der Waals surface area contributed by atoms with E-state index in [-0.39, 0.29) is 17.5 Å². The van der Waals surface area contributed by atoms with Crippen molar-refractivity contribution in [2.45, 2.75) is 66.9 Å². The number of ether oxygens (including phenoxy) is 1. The van der Waals surface area contributed by atoms with E-state index in [0.29, 0.717) is 17.8 Å². The lowest BCUT2D eigenvalue weighted by atomic mass is 9.66.